The van der Waals surface area contributed by atoms with Crippen LogP contribution in [0.4, 0.5) is 0 Å². The molecule has 3 rings (SSSR count). The van der Waals surface area contributed by atoms with Crippen molar-refractivity contribution in [2.45, 2.75) is 18.9 Å². The van der Waals surface area contributed by atoms with Crippen molar-refractivity contribution in [1.29, 1.82) is 0 Å². The Morgan fingerprint density at radius 3 is 3.14 bits per heavy atom. The first-order chi connectivity index (χ1) is 10.3. The van der Waals surface area contributed by atoms with Crippen LogP contribution < -0.4 is 10.1 Å². The van der Waals surface area contributed by atoms with Gasteiger partial charge >= 0.3 is 0 Å². The second kappa shape index (κ2) is 6.10. The Hall–Kier alpha value is -2.14. The molecule has 21 heavy (non-hydrogen) atoms. The second-order valence-corrected chi connectivity index (χ2v) is 5.09. The number of nitrogens with zero attached hydrogens (tertiary/aromatic N) is 1. The summed E-state index contributed by atoms with van der Waals surface area (Å²) in [4.78, 5) is 16.7. The molecule has 1 unspecified atom stereocenters. The zero-order chi connectivity index (χ0) is 14.7. The number of fused-ring (bicyclic) bond motifs is 1. The van der Waals surface area contributed by atoms with Crippen molar-refractivity contribution in [3.8, 4) is 5.75 Å². The van der Waals surface area contributed by atoms with Crippen LogP contribution in [0.15, 0.2) is 30.5 Å². The summed E-state index contributed by atoms with van der Waals surface area (Å²) in [6.45, 7) is 1.34. The van der Waals surface area contributed by atoms with Gasteiger partial charge in [0.15, 0.2) is 0 Å². The molecule has 1 amide bonds. The number of carbonyl (C=O) groups excluding carboxylic acids is 1. The fraction of sp³-hybridized carbons (Fsp3) is 0.375. The lowest BCUT2D eigenvalue weighted by molar-refractivity contribution is 0.0859. The van der Waals surface area contributed by atoms with Gasteiger partial charge in [-0.25, -0.2) is 0 Å². The number of amides is 1. The average molecular weight is 286 g/mol. The number of carbonyl (C=O) groups is 1. The highest BCUT2D eigenvalue weighted by molar-refractivity contribution is 6.06. The van der Waals surface area contributed by atoms with Crippen LogP contribution in [-0.2, 0) is 4.74 Å². The van der Waals surface area contributed by atoms with Gasteiger partial charge in [0.1, 0.15) is 5.75 Å². The highest BCUT2D eigenvalue weighted by Crippen LogP contribution is 2.22. The number of nitrogens with one attached hydrogen (secondary N) is 1. The number of rotatable bonds is 4. The summed E-state index contributed by atoms with van der Waals surface area (Å²) in [5.74, 6) is 0.606. The highest BCUT2D eigenvalue weighted by atomic mass is 16.5. The lowest BCUT2D eigenvalue weighted by atomic mass is 10.1. The molecule has 1 aliphatic rings. The van der Waals surface area contributed by atoms with Gasteiger partial charge in [-0.1, -0.05) is 0 Å². The Kier molecular flexibility index (Phi) is 4.01. The fourth-order valence-corrected chi connectivity index (χ4v) is 2.56. The summed E-state index contributed by atoms with van der Waals surface area (Å²) in [5, 5.41) is 3.73. The van der Waals surface area contributed by atoms with Crippen molar-refractivity contribution >= 4 is 16.8 Å². The first-order valence-electron chi connectivity index (χ1n) is 7.10. The van der Waals surface area contributed by atoms with E-state index in [0.717, 1.165) is 30.4 Å². The molecular formula is C16H18N2O3. The van der Waals surface area contributed by atoms with Gasteiger partial charge in [-0.3, -0.25) is 9.78 Å². The molecule has 0 radical (unpaired) electrons. The van der Waals surface area contributed by atoms with Crippen molar-refractivity contribution in [1.82, 2.24) is 10.3 Å². The van der Waals surface area contributed by atoms with Gasteiger partial charge in [-0.2, -0.15) is 0 Å². The van der Waals surface area contributed by atoms with Crippen molar-refractivity contribution in [3.05, 3.63) is 36.0 Å². The number of aromatic nitrogens is 1. The molecule has 110 valence electrons. The summed E-state index contributed by atoms with van der Waals surface area (Å²) in [6.07, 6.45) is 3.85. The molecule has 0 spiro atoms. The number of ether oxygens (including phenoxy) is 2. The Labute approximate surface area is 123 Å². The Morgan fingerprint density at radius 1 is 1.48 bits per heavy atom. The van der Waals surface area contributed by atoms with E-state index >= 15 is 0 Å². The normalized spacial score (nSPS) is 17.9. The van der Waals surface area contributed by atoms with Crippen LogP contribution in [0, 0.1) is 0 Å². The maximum absolute atomic E-state index is 12.4. The van der Waals surface area contributed by atoms with Gasteiger partial charge in [0, 0.05) is 24.7 Å². The standard InChI is InChI=1S/C16H18N2O3/c1-20-11-4-5-15-14(9-11)13(6-7-17-15)16(19)18-10-12-3-2-8-21-12/h4-7,9,12H,2-3,8,10H2,1H3,(H,18,19). The molecule has 1 aliphatic heterocycles. The highest BCUT2D eigenvalue weighted by Gasteiger charge is 2.17. The first kappa shape index (κ1) is 13.8. The van der Waals surface area contributed by atoms with Crippen LogP contribution in [0.5, 0.6) is 5.75 Å². The monoisotopic (exact) mass is 286 g/mol. The summed E-state index contributed by atoms with van der Waals surface area (Å²) >= 11 is 0. The SMILES string of the molecule is COc1ccc2nccc(C(=O)NCC3CCCO3)c2c1. The van der Waals surface area contributed by atoms with Gasteiger partial charge in [0.05, 0.1) is 24.3 Å². The van der Waals surface area contributed by atoms with E-state index in [4.69, 9.17) is 9.47 Å². The minimum Gasteiger partial charge on any atom is -0.497 e. The van der Waals surface area contributed by atoms with Crippen LogP contribution in [0.3, 0.4) is 0 Å². The molecule has 0 saturated carbocycles. The van der Waals surface area contributed by atoms with E-state index in [1.165, 1.54) is 0 Å². The number of hydrogen-bond donors (Lipinski definition) is 1. The third-order valence-electron chi connectivity index (χ3n) is 3.71. The van der Waals surface area contributed by atoms with Gasteiger partial charge in [0.2, 0.25) is 0 Å². The van der Waals surface area contributed by atoms with Crippen molar-refractivity contribution in [2.75, 3.05) is 20.3 Å². The van der Waals surface area contributed by atoms with E-state index in [9.17, 15) is 4.79 Å². The lowest BCUT2D eigenvalue weighted by Crippen LogP contribution is -2.31. The number of hydrogen-bond acceptors (Lipinski definition) is 4. The van der Waals surface area contributed by atoms with Crippen LogP contribution in [-0.4, -0.2) is 37.3 Å². The van der Waals surface area contributed by atoms with Crippen LogP contribution in [0.1, 0.15) is 23.2 Å². The zero-order valence-corrected chi connectivity index (χ0v) is 12.0. The topological polar surface area (TPSA) is 60.5 Å². The quantitative estimate of drug-likeness (QED) is 0.935. The van der Waals surface area contributed by atoms with Gasteiger partial charge in [0.25, 0.3) is 5.91 Å². The van der Waals surface area contributed by atoms with Gasteiger partial charge in [-0.05, 0) is 37.1 Å². The predicted octanol–water partition coefficient (Wildman–Crippen LogP) is 2.15. The van der Waals surface area contributed by atoms with E-state index in [2.05, 4.69) is 10.3 Å². The second-order valence-electron chi connectivity index (χ2n) is 5.09. The zero-order valence-electron chi connectivity index (χ0n) is 12.0. The molecule has 0 bridgehead atoms. The lowest BCUT2D eigenvalue weighted by Gasteiger charge is -2.12. The summed E-state index contributed by atoms with van der Waals surface area (Å²) in [5.41, 5.74) is 1.39. The summed E-state index contributed by atoms with van der Waals surface area (Å²) in [6, 6.07) is 7.25. The maximum atomic E-state index is 12.4. The van der Waals surface area contributed by atoms with E-state index in [1.807, 2.05) is 18.2 Å². The molecule has 5 nitrogen and oxygen atoms in total. The van der Waals surface area contributed by atoms with E-state index in [0.29, 0.717) is 17.9 Å². The van der Waals surface area contributed by atoms with Gasteiger partial charge < -0.3 is 14.8 Å². The summed E-state index contributed by atoms with van der Waals surface area (Å²) < 4.78 is 10.7. The third kappa shape index (κ3) is 2.97. The van der Waals surface area contributed by atoms with Crippen molar-refractivity contribution in [3.63, 3.8) is 0 Å². The minimum absolute atomic E-state index is 0.105. The Balaban J connectivity index is 1.82. The number of methoxy groups -OCH3 is 1. The molecule has 1 atom stereocenters. The minimum atomic E-state index is -0.105. The average Bonchev–Trinajstić information content (AvgIpc) is 3.05. The molecule has 0 aliphatic carbocycles. The molecule has 2 heterocycles. The smallest absolute Gasteiger partial charge is 0.252 e. The molecule has 1 N–H and O–H groups in total. The van der Waals surface area contributed by atoms with E-state index in [-0.39, 0.29) is 12.0 Å². The molecule has 1 aromatic heterocycles. The largest absolute Gasteiger partial charge is 0.497 e. The summed E-state index contributed by atoms with van der Waals surface area (Å²) in [7, 11) is 1.61. The maximum Gasteiger partial charge on any atom is 0.252 e. The van der Waals surface area contributed by atoms with E-state index < -0.39 is 0 Å². The third-order valence-corrected chi connectivity index (χ3v) is 3.71. The van der Waals surface area contributed by atoms with Crippen LogP contribution in [0.25, 0.3) is 10.9 Å². The molecular weight excluding hydrogens is 268 g/mol. The van der Waals surface area contributed by atoms with Crippen LogP contribution in [0.2, 0.25) is 0 Å². The Bertz CT molecular complexity index is 651. The van der Waals surface area contributed by atoms with Gasteiger partial charge in [-0.15, -0.1) is 0 Å². The Morgan fingerprint density at radius 2 is 2.38 bits per heavy atom. The predicted molar refractivity (Wildman–Crippen MR) is 79.6 cm³/mol. The van der Waals surface area contributed by atoms with Crippen LogP contribution >= 0.6 is 0 Å². The molecule has 1 fully saturated rings. The molecule has 2 aromatic rings. The number of benzene rings is 1. The number of pyridine rings is 1. The molecule has 5 heteroatoms. The first-order valence-corrected chi connectivity index (χ1v) is 7.10. The fourth-order valence-electron chi connectivity index (χ4n) is 2.56. The molecule has 1 aromatic carbocycles. The van der Waals surface area contributed by atoms with Crippen molar-refractivity contribution < 1.29 is 14.3 Å². The van der Waals surface area contributed by atoms with Crippen molar-refractivity contribution in [2.24, 2.45) is 0 Å². The molecule has 1 saturated heterocycles. The van der Waals surface area contributed by atoms with E-state index in [1.54, 1.807) is 19.4 Å².